The van der Waals surface area contributed by atoms with Gasteiger partial charge in [0, 0.05) is 17.5 Å². The Kier molecular flexibility index (Phi) is 2.30. The van der Waals surface area contributed by atoms with Crippen LogP contribution < -0.4 is 5.73 Å². The van der Waals surface area contributed by atoms with Gasteiger partial charge in [-0.15, -0.1) is 0 Å². The number of aryl methyl sites for hydroxylation is 1. The van der Waals surface area contributed by atoms with Crippen molar-refractivity contribution in [2.45, 2.75) is 25.2 Å². The highest BCUT2D eigenvalue weighted by Gasteiger charge is 2.42. The number of aromatic nitrogens is 1. The van der Waals surface area contributed by atoms with Crippen molar-refractivity contribution in [2.24, 2.45) is 5.73 Å². The van der Waals surface area contributed by atoms with Crippen molar-refractivity contribution in [1.82, 2.24) is 4.98 Å². The molecule has 3 rings (SSSR count). The fourth-order valence-corrected chi connectivity index (χ4v) is 2.21. The van der Waals surface area contributed by atoms with Crippen LogP contribution in [0, 0.1) is 6.92 Å². The highest BCUT2D eigenvalue weighted by atomic mass is 16.3. The third-order valence-electron chi connectivity index (χ3n) is 3.61. The number of benzene rings is 1. The summed E-state index contributed by atoms with van der Waals surface area (Å²) in [5.74, 6) is 0.687. The van der Waals surface area contributed by atoms with Gasteiger partial charge in [0.25, 0.3) is 0 Å². The molecule has 1 saturated carbocycles. The van der Waals surface area contributed by atoms with Gasteiger partial charge in [0.15, 0.2) is 0 Å². The number of oxazole rings is 1. The van der Waals surface area contributed by atoms with Crippen molar-refractivity contribution < 1.29 is 4.42 Å². The first-order valence-corrected chi connectivity index (χ1v) is 5.97. The van der Waals surface area contributed by atoms with Crippen molar-refractivity contribution in [1.29, 1.82) is 0 Å². The van der Waals surface area contributed by atoms with E-state index in [0.29, 0.717) is 5.89 Å². The number of rotatable bonds is 3. The van der Waals surface area contributed by atoms with Crippen LogP contribution in [0.25, 0.3) is 11.5 Å². The van der Waals surface area contributed by atoms with Crippen molar-refractivity contribution in [3.63, 3.8) is 0 Å². The molecule has 0 bridgehead atoms. The molecule has 0 amide bonds. The van der Waals surface area contributed by atoms with Crippen molar-refractivity contribution in [2.75, 3.05) is 6.54 Å². The topological polar surface area (TPSA) is 52.0 Å². The van der Waals surface area contributed by atoms with Crippen LogP contribution in [0.2, 0.25) is 0 Å². The van der Waals surface area contributed by atoms with E-state index in [0.717, 1.165) is 17.8 Å². The SMILES string of the molecule is Cc1coc(-c2ccc(C3(CN)CC3)cc2)n1. The molecule has 0 radical (unpaired) electrons. The number of hydrogen-bond donors (Lipinski definition) is 1. The normalized spacial score (nSPS) is 17.1. The molecule has 1 aromatic heterocycles. The van der Waals surface area contributed by atoms with Gasteiger partial charge in [-0.2, -0.15) is 0 Å². The first-order valence-electron chi connectivity index (χ1n) is 5.97. The Balaban J connectivity index is 1.90. The van der Waals surface area contributed by atoms with Gasteiger partial charge in [-0.1, -0.05) is 12.1 Å². The minimum Gasteiger partial charge on any atom is -0.444 e. The summed E-state index contributed by atoms with van der Waals surface area (Å²) in [5, 5.41) is 0. The Morgan fingerprint density at radius 3 is 2.47 bits per heavy atom. The molecule has 17 heavy (non-hydrogen) atoms. The molecule has 1 fully saturated rings. The zero-order chi connectivity index (χ0) is 11.9. The number of nitrogens with two attached hydrogens (primary N) is 1. The van der Waals surface area contributed by atoms with E-state index in [1.165, 1.54) is 18.4 Å². The maximum absolute atomic E-state index is 5.82. The fourth-order valence-electron chi connectivity index (χ4n) is 2.21. The molecule has 0 atom stereocenters. The second-order valence-corrected chi connectivity index (χ2v) is 4.86. The van der Waals surface area contributed by atoms with E-state index in [9.17, 15) is 0 Å². The molecule has 0 aliphatic heterocycles. The van der Waals surface area contributed by atoms with Gasteiger partial charge in [-0.05, 0) is 37.5 Å². The Morgan fingerprint density at radius 1 is 1.29 bits per heavy atom. The zero-order valence-electron chi connectivity index (χ0n) is 9.94. The molecule has 3 heteroatoms. The highest BCUT2D eigenvalue weighted by Crippen LogP contribution is 2.47. The molecule has 88 valence electrons. The lowest BCUT2D eigenvalue weighted by molar-refractivity contribution is 0.573. The van der Waals surface area contributed by atoms with Crippen LogP contribution in [0.1, 0.15) is 24.1 Å². The summed E-state index contributed by atoms with van der Waals surface area (Å²) in [6.07, 6.45) is 4.09. The summed E-state index contributed by atoms with van der Waals surface area (Å²) >= 11 is 0. The van der Waals surface area contributed by atoms with Gasteiger partial charge in [0.1, 0.15) is 6.26 Å². The average Bonchev–Trinajstić information content (AvgIpc) is 3.06. The lowest BCUT2D eigenvalue weighted by atomic mass is 9.95. The Hall–Kier alpha value is -1.61. The summed E-state index contributed by atoms with van der Waals surface area (Å²) in [6, 6.07) is 8.43. The van der Waals surface area contributed by atoms with E-state index in [1.54, 1.807) is 6.26 Å². The molecule has 0 saturated heterocycles. The van der Waals surface area contributed by atoms with Gasteiger partial charge in [0.2, 0.25) is 5.89 Å². The molecule has 1 heterocycles. The van der Waals surface area contributed by atoms with Gasteiger partial charge in [0.05, 0.1) is 5.69 Å². The van der Waals surface area contributed by atoms with E-state index in [2.05, 4.69) is 29.2 Å². The number of hydrogen-bond acceptors (Lipinski definition) is 3. The molecule has 1 aliphatic rings. The van der Waals surface area contributed by atoms with Crippen LogP contribution in [0.4, 0.5) is 0 Å². The van der Waals surface area contributed by atoms with Crippen LogP contribution in [0.15, 0.2) is 34.9 Å². The predicted octanol–water partition coefficient (Wildman–Crippen LogP) is 2.64. The van der Waals surface area contributed by atoms with E-state index < -0.39 is 0 Å². The highest BCUT2D eigenvalue weighted by molar-refractivity contribution is 5.54. The predicted molar refractivity (Wildman–Crippen MR) is 66.6 cm³/mol. The quantitative estimate of drug-likeness (QED) is 0.878. The van der Waals surface area contributed by atoms with Gasteiger partial charge in [-0.25, -0.2) is 4.98 Å². The summed E-state index contributed by atoms with van der Waals surface area (Å²) in [7, 11) is 0. The molecule has 0 spiro atoms. The standard InChI is InChI=1S/C14H16N2O/c1-10-8-17-13(16-10)11-2-4-12(5-3-11)14(9-15)6-7-14/h2-5,8H,6-7,9,15H2,1H3. The molecule has 2 N–H and O–H groups in total. The summed E-state index contributed by atoms with van der Waals surface area (Å²) < 4.78 is 5.38. The minimum atomic E-state index is 0.255. The molecule has 1 aromatic carbocycles. The second-order valence-electron chi connectivity index (χ2n) is 4.86. The van der Waals surface area contributed by atoms with Crippen LogP contribution in [-0.4, -0.2) is 11.5 Å². The smallest absolute Gasteiger partial charge is 0.226 e. The summed E-state index contributed by atoms with van der Waals surface area (Å²) in [4.78, 5) is 4.32. The van der Waals surface area contributed by atoms with Gasteiger partial charge < -0.3 is 10.2 Å². The maximum Gasteiger partial charge on any atom is 0.226 e. The molecule has 3 nitrogen and oxygen atoms in total. The van der Waals surface area contributed by atoms with Crippen LogP contribution in [0.5, 0.6) is 0 Å². The average molecular weight is 228 g/mol. The Morgan fingerprint density at radius 2 is 2.00 bits per heavy atom. The van der Waals surface area contributed by atoms with Gasteiger partial charge >= 0.3 is 0 Å². The first-order chi connectivity index (χ1) is 8.23. The van der Waals surface area contributed by atoms with Crippen molar-refractivity contribution in [3.8, 4) is 11.5 Å². The monoisotopic (exact) mass is 228 g/mol. The third-order valence-corrected chi connectivity index (χ3v) is 3.61. The molecule has 0 unspecified atom stereocenters. The van der Waals surface area contributed by atoms with Gasteiger partial charge in [-0.3, -0.25) is 0 Å². The second kappa shape index (κ2) is 3.70. The molecular weight excluding hydrogens is 212 g/mol. The molecule has 1 aliphatic carbocycles. The lowest BCUT2D eigenvalue weighted by Crippen LogP contribution is -2.19. The van der Waals surface area contributed by atoms with Crippen LogP contribution >= 0.6 is 0 Å². The largest absolute Gasteiger partial charge is 0.444 e. The maximum atomic E-state index is 5.82. The Labute approximate surface area is 101 Å². The van der Waals surface area contributed by atoms with Crippen LogP contribution in [-0.2, 0) is 5.41 Å². The third kappa shape index (κ3) is 1.76. The lowest BCUT2D eigenvalue weighted by Gasteiger charge is -2.12. The Bertz CT molecular complexity index is 523. The summed E-state index contributed by atoms with van der Waals surface area (Å²) in [5.41, 5.74) is 9.35. The van der Waals surface area contributed by atoms with Crippen molar-refractivity contribution in [3.05, 3.63) is 41.8 Å². The van der Waals surface area contributed by atoms with E-state index >= 15 is 0 Å². The zero-order valence-corrected chi connectivity index (χ0v) is 9.94. The molecule has 2 aromatic rings. The van der Waals surface area contributed by atoms with E-state index in [1.807, 2.05) is 6.92 Å². The fraction of sp³-hybridized carbons (Fsp3) is 0.357. The first kappa shape index (κ1) is 10.5. The van der Waals surface area contributed by atoms with E-state index in [-0.39, 0.29) is 5.41 Å². The van der Waals surface area contributed by atoms with E-state index in [4.69, 9.17) is 10.2 Å². The number of nitrogens with zero attached hydrogens (tertiary/aromatic N) is 1. The van der Waals surface area contributed by atoms with Crippen molar-refractivity contribution >= 4 is 0 Å². The molecular formula is C14H16N2O. The van der Waals surface area contributed by atoms with Crippen LogP contribution in [0.3, 0.4) is 0 Å². The summed E-state index contributed by atoms with van der Waals surface area (Å²) in [6.45, 7) is 2.67. The minimum absolute atomic E-state index is 0.255.